The lowest BCUT2D eigenvalue weighted by Crippen LogP contribution is -2.06. The molecule has 0 spiro atoms. The summed E-state index contributed by atoms with van der Waals surface area (Å²) < 4.78 is 18.8. The normalized spacial score (nSPS) is 10.7. The van der Waals surface area contributed by atoms with E-state index in [4.69, 9.17) is 22.1 Å². The fourth-order valence-corrected chi connectivity index (χ4v) is 1.95. The SMILES string of the molecule is CC(C)Oc1cc(N)cc(Nc2cc(F)ccc2Cl)c1. The van der Waals surface area contributed by atoms with E-state index < -0.39 is 0 Å². The molecule has 0 fully saturated rings. The fraction of sp³-hybridized carbons (Fsp3) is 0.200. The second-order valence-corrected chi connectivity index (χ2v) is 5.11. The highest BCUT2D eigenvalue weighted by Gasteiger charge is 2.06. The molecule has 0 saturated carbocycles. The van der Waals surface area contributed by atoms with E-state index in [9.17, 15) is 4.39 Å². The summed E-state index contributed by atoms with van der Waals surface area (Å²) in [6.07, 6.45) is 0.0439. The van der Waals surface area contributed by atoms with Crippen LogP contribution in [0.4, 0.5) is 21.5 Å². The van der Waals surface area contributed by atoms with Crippen LogP contribution in [0.1, 0.15) is 13.8 Å². The summed E-state index contributed by atoms with van der Waals surface area (Å²) in [5, 5.41) is 3.47. The van der Waals surface area contributed by atoms with Crippen molar-refractivity contribution in [3.63, 3.8) is 0 Å². The Morgan fingerprint density at radius 2 is 1.95 bits per heavy atom. The molecule has 0 aliphatic carbocycles. The highest BCUT2D eigenvalue weighted by atomic mass is 35.5. The van der Waals surface area contributed by atoms with E-state index in [1.165, 1.54) is 18.2 Å². The number of ether oxygens (including phenoxy) is 1. The highest BCUT2D eigenvalue weighted by molar-refractivity contribution is 6.33. The molecule has 2 rings (SSSR count). The average Bonchev–Trinajstić information content (AvgIpc) is 2.32. The first-order valence-corrected chi connectivity index (χ1v) is 6.61. The van der Waals surface area contributed by atoms with Gasteiger partial charge in [-0.1, -0.05) is 11.6 Å². The molecule has 20 heavy (non-hydrogen) atoms. The topological polar surface area (TPSA) is 47.3 Å². The zero-order valence-electron chi connectivity index (χ0n) is 11.3. The van der Waals surface area contributed by atoms with Gasteiger partial charge < -0.3 is 15.8 Å². The number of nitrogen functional groups attached to an aromatic ring is 1. The first kappa shape index (κ1) is 14.5. The molecule has 2 aromatic carbocycles. The monoisotopic (exact) mass is 294 g/mol. The summed E-state index contributed by atoms with van der Waals surface area (Å²) in [7, 11) is 0. The van der Waals surface area contributed by atoms with Crippen molar-refractivity contribution in [3.8, 4) is 5.75 Å². The summed E-state index contributed by atoms with van der Waals surface area (Å²) in [5.74, 6) is 0.287. The van der Waals surface area contributed by atoms with Crippen molar-refractivity contribution in [2.75, 3.05) is 11.1 Å². The van der Waals surface area contributed by atoms with Gasteiger partial charge in [0.2, 0.25) is 0 Å². The summed E-state index contributed by atoms with van der Waals surface area (Å²) in [6.45, 7) is 3.86. The Hall–Kier alpha value is -1.94. The summed E-state index contributed by atoms with van der Waals surface area (Å²) in [4.78, 5) is 0. The number of hydrogen-bond donors (Lipinski definition) is 2. The van der Waals surface area contributed by atoms with Gasteiger partial charge in [0.1, 0.15) is 11.6 Å². The van der Waals surface area contributed by atoms with Crippen LogP contribution in [0.2, 0.25) is 5.02 Å². The van der Waals surface area contributed by atoms with Crippen molar-refractivity contribution in [1.82, 2.24) is 0 Å². The minimum absolute atomic E-state index is 0.0439. The van der Waals surface area contributed by atoms with Crippen LogP contribution in [-0.2, 0) is 0 Å². The van der Waals surface area contributed by atoms with Crippen LogP contribution in [-0.4, -0.2) is 6.10 Å². The van der Waals surface area contributed by atoms with E-state index in [0.29, 0.717) is 27.8 Å². The van der Waals surface area contributed by atoms with Gasteiger partial charge in [-0.2, -0.15) is 0 Å². The van der Waals surface area contributed by atoms with Gasteiger partial charge in [0.25, 0.3) is 0 Å². The maximum Gasteiger partial charge on any atom is 0.125 e. The summed E-state index contributed by atoms with van der Waals surface area (Å²) >= 11 is 6.02. The smallest absolute Gasteiger partial charge is 0.125 e. The number of rotatable bonds is 4. The molecular formula is C15H16ClFN2O. The van der Waals surface area contributed by atoms with E-state index in [1.807, 2.05) is 13.8 Å². The van der Waals surface area contributed by atoms with E-state index in [0.717, 1.165) is 0 Å². The van der Waals surface area contributed by atoms with Crippen molar-refractivity contribution < 1.29 is 9.13 Å². The number of nitrogens with two attached hydrogens (primary N) is 1. The Morgan fingerprint density at radius 3 is 2.65 bits per heavy atom. The van der Waals surface area contributed by atoms with Crippen LogP contribution >= 0.6 is 11.6 Å². The summed E-state index contributed by atoms with van der Waals surface area (Å²) in [6, 6.07) is 9.39. The van der Waals surface area contributed by atoms with Gasteiger partial charge in [-0.25, -0.2) is 4.39 Å². The molecule has 0 heterocycles. The predicted octanol–water partition coefficient (Wildman–Crippen LogP) is 4.59. The Labute approximate surface area is 122 Å². The lowest BCUT2D eigenvalue weighted by Gasteiger charge is -2.14. The lowest BCUT2D eigenvalue weighted by molar-refractivity contribution is 0.242. The minimum Gasteiger partial charge on any atom is -0.491 e. The van der Waals surface area contributed by atoms with E-state index in [1.54, 1.807) is 18.2 Å². The van der Waals surface area contributed by atoms with Gasteiger partial charge >= 0.3 is 0 Å². The van der Waals surface area contributed by atoms with Crippen molar-refractivity contribution >= 4 is 28.7 Å². The maximum atomic E-state index is 13.2. The third kappa shape index (κ3) is 3.78. The molecule has 0 unspecified atom stereocenters. The molecular weight excluding hydrogens is 279 g/mol. The van der Waals surface area contributed by atoms with Crippen LogP contribution in [0.15, 0.2) is 36.4 Å². The molecule has 0 bridgehead atoms. The minimum atomic E-state index is -0.362. The molecule has 0 atom stereocenters. The molecule has 2 aromatic rings. The van der Waals surface area contributed by atoms with E-state index in [-0.39, 0.29) is 11.9 Å². The largest absolute Gasteiger partial charge is 0.491 e. The Morgan fingerprint density at radius 1 is 1.20 bits per heavy atom. The van der Waals surface area contributed by atoms with Gasteiger partial charge in [-0.15, -0.1) is 0 Å². The van der Waals surface area contributed by atoms with Crippen LogP contribution < -0.4 is 15.8 Å². The standard InChI is InChI=1S/C15H16ClFN2O/c1-9(2)20-13-7-11(18)6-12(8-13)19-15-5-10(17)3-4-14(15)16/h3-9,19H,18H2,1-2H3. The molecule has 106 valence electrons. The molecule has 0 radical (unpaired) electrons. The van der Waals surface area contributed by atoms with E-state index in [2.05, 4.69) is 5.32 Å². The van der Waals surface area contributed by atoms with Crippen molar-refractivity contribution in [2.45, 2.75) is 20.0 Å². The molecule has 0 aliphatic rings. The first-order chi connectivity index (χ1) is 9.44. The third-order valence-corrected chi connectivity index (χ3v) is 2.84. The van der Waals surface area contributed by atoms with Crippen molar-refractivity contribution in [3.05, 3.63) is 47.2 Å². The number of nitrogens with one attached hydrogen (secondary N) is 1. The van der Waals surface area contributed by atoms with E-state index >= 15 is 0 Å². The Bertz CT molecular complexity index is 617. The predicted molar refractivity (Wildman–Crippen MR) is 81.3 cm³/mol. The molecule has 0 aliphatic heterocycles. The van der Waals surface area contributed by atoms with Crippen molar-refractivity contribution in [1.29, 1.82) is 0 Å². The number of hydrogen-bond acceptors (Lipinski definition) is 3. The van der Waals surface area contributed by atoms with Crippen LogP contribution in [0.3, 0.4) is 0 Å². The zero-order chi connectivity index (χ0) is 14.7. The second kappa shape index (κ2) is 6.01. The number of halogens is 2. The van der Waals surface area contributed by atoms with Crippen molar-refractivity contribution in [2.24, 2.45) is 0 Å². The fourth-order valence-electron chi connectivity index (χ4n) is 1.78. The lowest BCUT2D eigenvalue weighted by atomic mass is 10.2. The molecule has 0 saturated heterocycles. The summed E-state index contributed by atoms with van der Waals surface area (Å²) in [5.41, 5.74) is 7.55. The quantitative estimate of drug-likeness (QED) is 0.811. The zero-order valence-corrected chi connectivity index (χ0v) is 12.0. The van der Waals surface area contributed by atoms with Crippen LogP contribution in [0, 0.1) is 5.82 Å². The molecule has 3 nitrogen and oxygen atoms in total. The van der Waals surface area contributed by atoms with Crippen LogP contribution in [0.25, 0.3) is 0 Å². The number of benzene rings is 2. The number of anilines is 3. The third-order valence-electron chi connectivity index (χ3n) is 2.51. The highest BCUT2D eigenvalue weighted by Crippen LogP contribution is 2.30. The van der Waals surface area contributed by atoms with Gasteiger partial charge in [-0.05, 0) is 38.1 Å². The molecule has 0 aromatic heterocycles. The maximum absolute atomic E-state index is 13.2. The Kier molecular flexibility index (Phi) is 4.35. The second-order valence-electron chi connectivity index (χ2n) is 4.71. The first-order valence-electron chi connectivity index (χ1n) is 6.23. The van der Waals surface area contributed by atoms with Gasteiger partial charge in [0, 0.05) is 23.5 Å². The molecule has 5 heteroatoms. The van der Waals surface area contributed by atoms with Gasteiger partial charge in [0.05, 0.1) is 16.8 Å². The molecule has 3 N–H and O–H groups in total. The molecule has 0 amide bonds. The Balaban J connectivity index is 2.28. The van der Waals surface area contributed by atoms with Gasteiger partial charge in [-0.3, -0.25) is 0 Å². The van der Waals surface area contributed by atoms with Gasteiger partial charge in [0.15, 0.2) is 0 Å². The van der Waals surface area contributed by atoms with Crippen LogP contribution in [0.5, 0.6) is 5.75 Å². The average molecular weight is 295 g/mol.